The van der Waals surface area contributed by atoms with Gasteiger partial charge in [-0.1, -0.05) is 24.3 Å². The first-order valence-corrected chi connectivity index (χ1v) is 8.23. The van der Waals surface area contributed by atoms with E-state index in [1.807, 2.05) is 32.0 Å². The third-order valence-electron chi connectivity index (χ3n) is 3.86. The van der Waals surface area contributed by atoms with Crippen molar-refractivity contribution in [3.8, 4) is 17.6 Å². The summed E-state index contributed by atoms with van der Waals surface area (Å²) in [6, 6.07) is 14.6. The highest BCUT2D eigenvalue weighted by Crippen LogP contribution is 2.41. The molecule has 1 aliphatic rings. The number of hydrazone groups is 1. The molecule has 1 heterocycles. The molecule has 1 N–H and O–H groups in total. The maximum atomic E-state index is 11.9. The number of rotatable bonds is 5. The van der Waals surface area contributed by atoms with E-state index in [-0.39, 0.29) is 18.1 Å². The zero-order chi connectivity index (χ0) is 18.6. The van der Waals surface area contributed by atoms with Gasteiger partial charge in [0, 0.05) is 12.0 Å². The smallest absolute Gasteiger partial charge is 0.277 e. The maximum absolute atomic E-state index is 11.9. The van der Waals surface area contributed by atoms with Gasteiger partial charge in [-0.2, -0.15) is 10.4 Å². The Bertz CT molecular complexity index is 880. The Kier molecular flexibility index (Phi) is 4.90. The molecule has 0 saturated heterocycles. The van der Waals surface area contributed by atoms with E-state index in [9.17, 15) is 4.79 Å². The Morgan fingerprint density at radius 2 is 2.12 bits per heavy atom. The Morgan fingerprint density at radius 3 is 2.85 bits per heavy atom. The van der Waals surface area contributed by atoms with Crippen molar-refractivity contribution < 1.29 is 14.3 Å². The second kappa shape index (κ2) is 7.28. The summed E-state index contributed by atoms with van der Waals surface area (Å²) in [5.74, 6) is 0.885. The van der Waals surface area contributed by atoms with Gasteiger partial charge in [0.15, 0.2) is 18.1 Å². The Morgan fingerprint density at radius 1 is 1.35 bits per heavy atom. The first-order valence-electron chi connectivity index (χ1n) is 8.23. The summed E-state index contributed by atoms with van der Waals surface area (Å²) in [4.78, 5) is 11.9. The molecular formula is C20H19N3O3. The molecule has 1 amide bonds. The number of nitrogens with zero attached hydrogens (tertiary/aromatic N) is 2. The lowest BCUT2D eigenvalue weighted by Gasteiger charge is -2.18. The first-order chi connectivity index (χ1) is 12.5. The van der Waals surface area contributed by atoms with Crippen molar-refractivity contribution in [1.82, 2.24) is 5.43 Å². The summed E-state index contributed by atoms with van der Waals surface area (Å²) in [6.45, 7) is 3.87. The number of para-hydroxylation sites is 1. The normalized spacial score (nSPS) is 14.3. The molecule has 0 spiro atoms. The molecular weight excluding hydrogens is 330 g/mol. The summed E-state index contributed by atoms with van der Waals surface area (Å²) in [6.07, 6.45) is 2.31. The standard InChI is InChI=1S/C20H19N3O3/c1-20(2)10-16-4-3-5-17(19(16)26-20)25-13-18(24)23-22-12-15-8-6-14(11-21)7-9-15/h3-9,12H,10,13H2,1-2H3,(H,23,24). The van der Waals surface area contributed by atoms with Crippen LogP contribution in [-0.2, 0) is 11.2 Å². The van der Waals surface area contributed by atoms with Gasteiger partial charge in [-0.05, 0) is 37.6 Å². The number of hydrogen-bond donors (Lipinski definition) is 1. The third kappa shape index (κ3) is 4.19. The van der Waals surface area contributed by atoms with Gasteiger partial charge in [0.25, 0.3) is 5.91 Å². The Hall–Kier alpha value is -3.33. The zero-order valence-electron chi connectivity index (χ0n) is 14.7. The van der Waals surface area contributed by atoms with Gasteiger partial charge < -0.3 is 9.47 Å². The highest BCUT2D eigenvalue weighted by molar-refractivity contribution is 5.83. The van der Waals surface area contributed by atoms with Crippen LogP contribution in [0.1, 0.15) is 30.5 Å². The fourth-order valence-corrected chi connectivity index (χ4v) is 2.70. The zero-order valence-corrected chi connectivity index (χ0v) is 14.7. The summed E-state index contributed by atoms with van der Waals surface area (Å²) >= 11 is 0. The summed E-state index contributed by atoms with van der Waals surface area (Å²) < 4.78 is 11.5. The number of benzene rings is 2. The average molecular weight is 349 g/mol. The Labute approximate surface area is 152 Å². The molecule has 1 aliphatic heterocycles. The van der Waals surface area contributed by atoms with Crippen molar-refractivity contribution in [3.05, 3.63) is 59.2 Å². The highest BCUT2D eigenvalue weighted by atomic mass is 16.5. The van der Waals surface area contributed by atoms with E-state index in [0.717, 1.165) is 17.5 Å². The quantitative estimate of drug-likeness (QED) is 0.664. The van der Waals surface area contributed by atoms with Gasteiger partial charge >= 0.3 is 0 Å². The van der Waals surface area contributed by atoms with Gasteiger partial charge in [0.1, 0.15) is 5.60 Å². The lowest BCUT2D eigenvalue weighted by Crippen LogP contribution is -2.26. The first kappa shape index (κ1) is 17.5. The van der Waals surface area contributed by atoms with Crippen molar-refractivity contribution in [2.45, 2.75) is 25.9 Å². The van der Waals surface area contributed by atoms with Crippen molar-refractivity contribution in [1.29, 1.82) is 5.26 Å². The second-order valence-corrected chi connectivity index (χ2v) is 6.60. The van der Waals surface area contributed by atoms with Gasteiger partial charge in [0.05, 0.1) is 17.8 Å². The largest absolute Gasteiger partial charge is 0.483 e. The number of carbonyl (C=O) groups is 1. The number of hydrogen-bond acceptors (Lipinski definition) is 5. The van der Waals surface area contributed by atoms with Crippen LogP contribution in [0, 0.1) is 11.3 Å². The van der Waals surface area contributed by atoms with Crippen LogP contribution < -0.4 is 14.9 Å². The lowest BCUT2D eigenvalue weighted by molar-refractivity contribution is -0.123. The van der Waals surface area contributed by atoms with Gasteiger partial charge in [-0.25, -0.2) is 5.43 Å². The molecule has 6 nitrogen and oxygen atoms in total. The molecule has 3 rings (SSSR count). The van der Waals surface area contributed by atoms with Crippen LogP contribution in [0.3, 0.4) is 0 Å². The topological polar surface area (TPSA) is 83.7 Å². The van der Waals surface area contributed by atoms with E-state index in [0.29, 0.717) is 17.1 Å². The third-order valence-corrected chi connectivity index (χ3v) is 3.86. The number of nitriles is 1. The van der Waals surface area contributed by atoms with E-state index in [2.05, 4.69) is 10.5 Å². The number of nitrogens with one attached hydrogen (secondary N) is 1. The minimum absolute atomic E-state index is 0.162. The van der Waals surface area contributed by atoms with Gasteiger partial charge in [-0.3, -0.25) is 4.79 Å². The lowest BCUT2D eigenvalue weighted by atomic mass is 10.0. The molecule has 0 fully saturated rings. The molecule has 132 valence electrons. The van der Waals surface area contributed by atoms with E-state index >= 15 is 0 Å². The van der Waals surface area contributed by atoms with Crippen LogP contribution in [0.4, 0.5) is 0 Å². The van der Waals surface area contributed by atoms with Crippen LogP contribution in [0.25, 0.3) is 0 Å². The number of amides is 1. The molecule has 0 bridgehead atoms. The molecule has 0 saturated carbocycles. The number of carbonyl (C=O) groups excluding carboxylic acids is 1. The molecule has 6 heteroatoms. The SMILES string of the molecule is CC1(C)Cc2cccc(OCC(=O)NN=Cc3ccc(C#N)cc3)c2O1. The molecule has 0 aromatic heterocycles. The van der Waals surface area contributed by atoms with E-state index < -0.39 is 0 Å². The summed E-state index contributed by atoms with van der Waals surface area (Å²) in [7, 11) is 0. The average Bonchev–Trinajstić information content (AvgIpc) is 2.95. The molecule has 26 heavy (non-hydrogen) atoms. The molecule has 2 aromatic carbocycles. The van der Waals surface area contributed by atoms with Crippen molar-refractivity contribution >= 4 is 12.1 Å². The highest BCUT2D eigenvalue weighted by Gasteiger charge is 2.32. The predicted molar refractivity (Wildman–Crippen MR) is 97.2 cm³/mol. The minimum atomic E-state index is -0.371. The van der Waals surface area contributed by atoms with Crippen LogP contribution in [-0.4, -0.2) is 24.3 Å². The van der Waals surface area contributed by atoms with Crippen molar-refractivity contribution in [3.63, 3.8) is 0 Å². The fourth-order valence-electron chi connectivity index (χ4n) is 2.70. The van der Waals surface area contributed by atoms with Crippen molar-refractivity contribution in [2.75, 3.05) is 6.61 Å². The predicted octanol–water partition coefficient (Wildman–Crippen LogP) is 2.80. The molecule has 0 radical (unpaired) electrons. The van der Waals surface area contributed by atoms with E-state index in [1.54, 1.807) is 30.3 Å². The van der Waals surface area contributed by atoms with Crippen molar-refractivity contribution in [2.24, 2.45) is 5.10 Å². The van der Waals surface area contributed by atoms with E-state index in [1.165, 1.54) is 6.21 Å². The van der Waals surface area contributed by atoms with Gasteiger partial charge in [0.2, 0.25) is 0 Å². The monoisotopic (exact) mass is 349 g/mol. The second-order valence-electron chi connectivity index (χ2n) is 6.60. The minimum Gasteiger partial charge on any atom is -0.483 e. The molecule has 2 aromatic rings. The molecule has 0 atom stereocenters. The fraction of sp³-hybridized carbons (Fsp3) is 0.250. The molecule has 0 unspecified atom stereocenters. The molecule has 0 aliphatic carbocycles. The van der Waals surface area contributed by atoms with Crippen LogP contribution >= 0.6 is 0 Å². The number of ether oxygens (including phenoxy) is 2. The summed E-state index contributed by atoms with van der Waals surface area (Å²) in [5, 5.41) is 12.6. The summed E-state index contributed by atoms with van der Waals surface area (Å²) in [5.41, 5.74) is 4.57. The maximum Gasteiger partial charge on any atom is 0.277 e. The number of fused-ring (bicyclic) bond motifs is 1. The van der Waals surface area contributed by atoms with Gasteiger partial charge in [-0.15, -0.1) is 0 Å². The van der Waals surface area contributed by atoms with Crippen LogP contribution in [0.2, 0.25) is 0 Å². The Balaban J connectivity index is 1.53. The van der Waals surface area contributed by atoms with E-state index in [4.69, 9.17) is 14.7 Å². The van der Waals surface area contributed by atoms with Crippen LogP contribution in [0.15, 0.2) is 47.6 Å². The van der Waals surface area contributed by atoms with Crippen LogP contribution in [0.5, 0.6) is 11.5 Å².